The Bertz CT molecular complexity index is 386. The molecule has 0 aromatic carbocycles. The fourth-order valence-electron chi connectivity index (χ4n) is 2.72. The summed E-state index contributed by atoms with van der Waals surface area (Å²) in [5, 5.41) is 4.10. The molecule has 2 atom stereocenters. The lowest BCUT2D eigenvalue weighted by molar-refractivity contribution is -0.123. The summed E-state index contributed by atoms with van der Waals surface area (Å²) in [6, 6.07) is 0. The molecule has 0 radical (unpaired) electrons. The first-order valence-electron chi connectivity index (χ1n) is 6.60. The van der Waals surface area contributed by atoms with Crippen molar-refractivity contribution in [2.45, 2.75) is 52.5 Å². The minimum atomic E-state index is 0.251. The van der Waals surface area contributed by atoms with Crippen LogP contribution in [0.2, 0.25) is 0 Å². The molecule has 1 fully saturated rings. The second-order valence-electron chi connectivity index (χ2n) is 5.10. The Morgan fingerprint density at radius 3 is 3.06 bits per heavy atom. The number of aromatic nitrogens is 3. The fourth-order valence-corrected chi connectivity index (χ4v) is 2.72. The van der Waals surface area contributed by atoms with Gasteiger partial charge >= 0.3 is 0 Å². The Morgan fingerprint density at radius 2 is 2.35 bits per heavy atom. The van der Waals surface area contributed by atoms with E-state index in [-0.39, 0.29) is 5.92 Å². The molecule has 0 N–H and O–H groups in total. The quantitative estimate of drug-likeness (QED) is 0.804. The lowest BCUT2D eigenvalue weighted by Crippen LogP contribution is -2.24. The van der Waals surface area contributed by atoms with E-state index in [0.717, 1.165) is 25.2 Å². The molecule has 94 valence electrons. The van der Waals surface area contributed by atoms with Gasteiger partial charge in [-0.2, -0.15) is 5.10 Å². The summed E-state index contributed by atoms with van der Waals surface area (Å²) in [5.41, 5.74) is 0. The molecule has 4 heteroatoms. The van der Waals surface area contributed by atoms with Crippen molar-refractivity contribution >= 4 is 5.78 Å². The van der Waals surface area contributed by atoms with E-state index in [2.05, 4.69) is 17.0 Å². The third-order valence-electron chi connectivity index (χ3n) is 3.72. The molecule has 1 aromatic heterocycles. The van der Waals surface area contributed by atoms with Crippen LogP contribution in [0.5, 0.6) is 0 Å². The molecule has 2 rings (SSSR count). The van der Waals surface area contributed by atoms with E-state index in [4.69, 9.17) is 0 Å². The Hall–Kier alpha value is -1.19. The normalized spacial score (nSPS) is 24.8. The smallest absolute Gasteiger partial charge is 0.143 e. The monoisotopic (exact) mass is 235 g/mol. The summed E-state index contributed by atoms with van der Waals surface area (Å²) in [4.78, 5) is 16.4. The van der Waals surface area contributed by atoms with Crippen molar-refractivity contribution in [3.05, 3.63) is 12.2 Å². The molecule has 1 aliphatic rings. The third-order valence-corrected chi connectivity index (χ3v) is 3.72. The van der Waals surface area contributed by atoms with Gasteiger partial charge in [0, 0.05) is 12.5 Å². The third kappa shape index (κ3) is 2.93. The van der Waals surface area contributed by atoms with E-state index in [1.54, 1.807) is 0 Å². The van der Waals surface area contributed by atoms with Gasteiger partial charge in [0.05, 0.1) is 6.42 Å². The molecular formula is C13H21N3O. The number of rotatable bonds is 4. The summed E-state index contributed by atoms with van der Waals surface area (Å²) < 4.78 is 1.81. The predicted octanol–water partition coefficient (Wildman–Crippen LogP) is 2.24. The SMILES string of the molecule is CCn1ncnc1CC(=O)C1CCCC(C)C1. The summed E-state index contributed by atoms with van der Waals surface area (Å²) in [7, 11) is 0. The molecule has 1 heterocycles. The van der Waals surface area contributed by atoms with Crippen molar-refractivity contribution in [3.63, 3.8) is 0 Å². The van der Waals surface area contributed by atoms with Crippen LogP contribution in [0.3, 0.4) is 0 Å². The minimum Gasteiger partial charge on any atom is -0.299 e. The molecule has 0 spiro atoms. The summed E-state index contributed by atoms with van der Waals surface area (Å²) in [6.07, 6.45) is 6.57. The highest BCUT2D eigenvalue weighted by molar-refractivity contribution is 5.82. The van der Waals surface area contributed by atoms with Gasteiger partial charge in [-0.25, -0.2) is 9.67 Å². The van der Waals surface area contributed by atoms with E-state index in [1.807, 2.05) is 11.6 Å². The van der Waals surface area contributed by atoms with Gasteiger partial charge in [0.25, 0.3) is 0 Å². The van der Waals surface area contributed by atoms with Crippen LogP contribution in [0, 0.1) is 11.8 Å². The Labute approximate surface area is 102 Å². The van der Waals surface area contributed by atoms with E-state index >= 15 is 0 Å². The molecule has 17 heavy (non-hydrogen) atoms. The average molecular weight is 235 g/mol. The van der Waals surface area contributed by atoms with Gasteiger partial charge in [-0.05, 0) is 25.7 Å². The summed E-state index contributed by atoms with van der Waals surface area (Å²) in [5.74, 6) is 2.11. The first kappa shape index (κ1) is 12.3. The molecule has 1 aliphatic carbocycles. The van der Waals surface area contributed by atoms with E-state index in [9.17, 15) is 4.79 Å². The van der Waals surface area contributed by atoms with Gasteiger partial charge in [-0.3, -0.25) is 4.79 Å². The highest BCUT2D eigenvalue weighted by Gasteiger charge is 2.25. The van der Waals surface area contributed by atoms with Crippen LogP contribution in [0.1, 0.15) is 45.4 Å². The molecule has 2 unspecified atom stereocenters. The number of nitrogens with zero attached hydrogens (tertiary/aromatic N) is 3. The number of hydrogen-bond donors (Lipinski definition) is 0. The van der Waals surface area contributed by atoms with Crippen molar-refractivity contribution in [2.24, 2.45) is 11.8 Å². The van der Waals surface area contributed by atoms with Gasteiger partial charge in [0.2, 0.25) is 0 Å². The topological polar surface area (TPSA) is 47.8 Å². The maximum atomic E-state index is 12.2. The van der Waals surface area contributed by atoms with Gasteiger partial charge in [-0.15, -0.1) is 0 Å². The van der Waals surface area contributed by atoms with Crippen LogP contribution in [0.4, 0.5) is 0 Å². The van der Waals surface area contributed by atoms with Crippen molar-refractivity contribution in [3.8, 4) is 0 Å². The van der Waals surface area contributed by atoms with Crippen LogP contribution in [-0.2, 0) is 17.8 Å². The van der Waals surface area contributed by atoms with Crippen molar-refractivity contribution in [1.29, 1.82) is 0 Å². The van der Waals surface area contributed by atoms with Gasteiger partial charge in [0.15, 0.2) is 0 Å². The Morgan fingerprint density at radius 1 is 1.53 bits per heavy atom. The van der Waals surface area contributed by atoms with Gasteiger partial charge < -0.3 is 0 Å². The number of aryl methyl sites for hydroxylation is 1. The maximum absolute atomic E-state index is 12.2. The highest BCUT2D eigenvalue weighted by Crippen LogP contribution is 2.29. The minimum absolute atomic E-state index is 0.251. The van der Waals surface area contributed by atoms with E-state index < -0.39 is 0 Å². The molecule has 1 aromatic rings. The van der Waals surface area contributed by atoms with E-state index in [0.29, 0.717) is 18.1 Å². The number of carbonyl (C=O) groups is 1. The standard InChI is InChI=1S/C13H21N3O/c1-3-16-13(14-9-15-16)8-12(17)11-6-4-5-10(2)7-11/h9-11H,3-8H2,1-2H3. The molecular weight excluding hydrogens is 214 g/mol. The average Bonchev–Trinajstić information content (AvgIpc) is 2.76. The maximum Gasteiger partial charge on any atom is 0.143 e. The Balaban J connectivity index is 1.96. The summed E-state index contributed by atoms with van der Waals surface area (Å²) >= 11 is 0. The fraction of sp³-hybridized carbons (Fsp3) is 0.769. The van der Waals surface area contributed by atoms with Crippen molar-refractivity contribution in [2.75, 3.05) is 0 Å². The van der Waals surface area contributed by atoms with E-state index in [1.165, 1.54) is 19.2 Å². The molecule has 4 nitrogen and oxygen atoms in total. The number of Topliss-reactive ketones (excluding diaryl/α,β-unsaturated/α-hetero) is 1. The second kappa shape index (κ2) is 5.43. The molecule has 0 aliphatic heterocycles. The van der Waals surface area contributed by atoms with Crippen LogP contribution < -0.4 is 0 Å². The Kier molecular flexibility index (Phi) is 3.92. The number of hydrogen-bond acceptors (Lipinski definition) is 3. The largest absolute Gasteiger partial charge is 0.299 e. The first-order chi connectivity index (χ1) is 8.20. The predicted molar refractivity (Wildman–Crippen MR) is 65.5 cm³/mol. The molecule has 0 saturated heterocycles. The lowest BCUT2D eigenvalue weighted by atomic mass is 9.79. The molecule has 1 saturated carbocycles. The van der Waals surface area contributed by atoms with Crippen LogP contribution in [0.25, 0.3) is 0 Å². The number of ketones is 1. The van der Waals surface area contributed by atoms with Crippen molar-refractivity contribution < 1.29 is 4.79 Å². The first-order valence-corrected chi connectivity index (χ1v) is 6.60. The lowest BCUT2D eigenvalue weighted by Gasteiger charge is -2.25. The second-order valence-corrected chi connectivity index (χ2v) is 5.10. The molecule has 0 amide bonds. The highest BCUT2D eigenvalue weighted by atomic mass is 16.1. The summed E-state index contributed by atoms with van der Waals surface area (Å²) in [6.45, 7) is 5.04. The zero-order valence-corrected chi connectivity index (χ0v) is 10.7. The zero-order valence-electron chi connectivity index (χ0n) is 10.7. The molecule has 0 bridgehead atoms. The van der Waals surface area contributed by atoms with Gasteiger partial charge in [-0.1, -0.05) is 19.8 Å². The van der Waals surface area contributed by atoms with Crippen molar-refractivity contribution in [1.82, 2.24) is 14.8 Å². The zero-order chi connectivity index (χ0) is 12.3. The van der Waals surface area contributed by atoms with Crippen LogP contribution >= 0.6 is 0 Å². The number of carbonyl (C=O) groups excluding carboxylic acids is 1. The van der Waals surface area contributed by atoms with Gasteiger partial charge in [0.1, 0.15) is 17.9 Å². The van der Waals surface area contributed by atoms with Crippen LogP contribution in [-0.4, -0.2) is 20.5 Å². The van der Waals surface area contributed by atoms with Crippen LogP contribution in [0.15, 0.2) is 6.33 Å².